The molecule has 1 aromatic heterocycles. The zero-order valence-electron chi connectivity index (χ0n) is 14.8. The van der Waals surface area contributed by atoms with E-state index in [4.69, 9.17) is 13.8 Å². The molecule has 26 heavy (non-hydrogen) atoms. The van der Waals surface area contributed by atoms with Gasteiger partial charge in [0.25, 0.3) is 0 Å². The maximum atomic E-state index is 12.8. The molecule has 0 saturated carbocycles. The predicted molar refractivity (Wildman–Crippen MR) is 92.0 cm³/mol. The van der Waals surface area contributed by atoms with Gasteiger partial charge in [0.2, 0.25) is 0 Å². The molecule has 1 aromatic carbocycles. The van der Waals surface area contributed by atoms with Crippen LogP contribution in [0.25, 0.3) is 0 Å². The number of ether oxygens (including phenoxy) is 1. The second-order valence-corrected chi connectivity index (χ2v) is 6.50. The standard InChI is InChI=1S/C17H19NO7S/c1-9(2)24-17(20)15-10(3)13(6-5-12(15)8-23-26(21)22)16(19)14-7-18-25-11(14)4/h5-7,9H,8H2,1-4H3,(H,21,22). The van der Waals surface area contributed by atoms with E-state index in [2.05, 4.69) is 9.34 Å². The highest BCUT2D eigenvalue weighted by Gasteiger charge is 2.24. The Labute approximate surface area is 153 Å². The van der Waals surface area contributed by atoms with Gasteiger partial charge in [-0.3, -0.25) is 13.5 Å². The molecule has 0 aliphatic carbocycles. The zero-order valence-corrected chi connectivity index (χ0v) is 15.6. The molecule has 0 bridgehead atoms. The summed E-state index contributed by atoms with van der Waals surface area (Å²) in [4.78, 5) is 25.3. The summed E-state index contributed by atoms with van der Waals surface area (Å²) in [5.74, 6) is -0.627. The van der Waals surface area contributed by atoms with Gasteiger partial charge < -0.3 is 9.26 Å². The fourth-order valence-electron chi connectivity index (χ4n) is 2.47. The summed E-state index contributed by atoms with van der Waals surface area (Å²) < 4.78 is 34.4. The van der Waals surface area contributed by atoms with E-state index in [1.54, 1.807) is 27.7 Å². The summed E-state index contributed by atoms with van der Waals surface area (Å²) in [6.07, 6.45) is 0.942. The van der Waals surface area contributed by atoms with Crippen LogP contribution in [-0.2, 0) is 26.9 Å². The lowest BCUT2D eigenvalue weighted by Crippen LogP contribution is -2.18. The Hall–Kier alpha value is -2.36. The summed E-state index contributed by atoms with van der Waals surface area (Å²) in [7, 11) is 0. The zero-order chi connectivity index (χ0) is 19.4. The molecule has 1 N–H and O–H groups in total. The van der Waals surface area contributed by atoms with Crippen molar-refractivity contribution in [3.63, 3.8) is 0 Å². The Kier molecular flexibility index (Phi) is 6.41. The average Bonchev–Trinajstić information content (AvgIpc) is 2.97. The van der Waals surface area contributed by atoms with Crippen LogP contribution in [0.2, 0.25) is 0 Å². The topological polar surface area (TPSA) is 116 Å². The van der Waals surface area contributed by atoms with Crippen molar-refractivity contribution in [2.45, 2.75) is 40.4 Å². The van der Waals surface area contributed by atoms with Crippen LogP contribution in [0.4, 0.5) is 0 Å². The molecular formula is C17H19NO7S. The number of carbonyl (C=O) groups is 2. The molecule has 0 radical (unpaired) electrons. The van der Waals surface area contributed by atoms with Gasteiger partial charge in [-0.15, -0.1) is 0 Å². The fourth-order valence-corrected chi connectivity index (χ4v) is 2.69. The second-order valence-electron chi connectivity index (χ2n) is 5.83. The minimum absolute atomic E-state index is 0.129. The van der Waals surface area contributed by atoms with Gasteiger partial charge in [0, 0.05) is 5.56 Å². The van der Waals surface area contributed by atoms with E-state index in [1.165, 1.54) is 18.3 Å². The Morgan fingerprint density at radius 3 is 2.50 bits per heavy atom. The van der Waals surface area contributed by atoms with Gasteiger partial charge in [-0.05, 0) is 38.8 Å². The van der Waals surface area contributed by atoms with E-state index in [0.29, 0.717) is 16.9 Å². The number of rotatable bonds is 7. The van der Waals surface area contributed by atoms with Gasteiger partial charge in [-0.1, -0.05) is 17.3 Å². The van der Waals surface area contributed by atoms with Crippen molar-refractivity contribution < 1.29 is 31.8 Å². The number of ketones is 1. The van der Waals surface area contributed by atoms with Crippen molar-refractivity contribution in [2.75, 3.05) is 0 Å². The average molecular weight is 381 g/mol. The van der Waals surface area contributed by atoms with Crippen LogP contribution >= 0.6 is 0 Å². The molecule has 0 amide bonds. The third kappa shape index (κ3) is 4.43. The highest BCUT2D eigenvalue weighted by molar-refractivity contribution is 7.74. The Morgan fingerprint density at radius 2 is 1.96 bits per heavy atom. The number of esters is 1. The minimum atomic E-state index is -2.49. The largest absolute Gasteiger partial charge is 0.459 e. The van der Waals surface area contributed by atoms with Gasteiger partial charge in [0.05, 0.1) is 30.0 Å². The van der Waals surface area contributed by atoms with Crippen molar-refractivity contribution in [1.82, 2.24) is 5.16 Å². The van der Waals surface area contributed by atoms with Crippen LogP contribution < -0.4 is 0 Å². The fraction of sp³-hybridized carbons (Fsp3) is 0.353. The number of benzene rings is 1. The van der Waals surface area contributed by atoms with E-state index >= 15 is 0 Å². The Morgan fingerprint density at radius 1 is 1.27 bits per heavy atom. The summed E-state index contributed by atoms with van der Waals surface area (Å²) >= 11 is -2.49. The number of carbonyl (C=O) groups excluding carboxylic acids is 2. The van der Waals surface area contributed by atoms with E-state index < -0.39 is 17.3 Å². The van der Waals surface area contributed by atoms with Crippen molar-refractivity contribution in [2.24, 2.45) is 0 Å². The van der Waals surface area contributed by atoms with Crippen LogP contribution in [0.1, 0.15) is 57.0 Å². The van der Waals surface area contributed by atoms with Crippen LogP contribution in [0.15, 0.2) is 22.9 Å². The Bertz CT molecular complexity index is 857. The van der Waals surface area contributed by atoms with E-state index in [-0.39, 0.29) is 35.2 Å². The molecule has 2 rings (SSSR count). The first-order valence-electron chi connectivity index (χ1n) is 7.76. The molecule has 0 aliphatic rings. The number of hydrogen-bond acceptors (Lipinski definition) is 7. The quantitative estimate of drug-likeness (QED) is 0.442. The molecule has 0 saturated heterocycles. The number of aromatic nitrogens is 1. The number of hydrogen-bond donors (Lipinski definition) is 1. The lowest BCUT2D eigenvalue weighted by Gasteiger charge is -2.16. The van der Waals surface area contributed by atoms with Crippen LogP contribution in [0, 0.1) is 13.8 Å². The first kappa shape index (κ1) is 20.0. The van der Waals surface area contributed by atoms with Crippen LogP contribution in [0.5, 0.6) is 0 Å². The van der Waals surface area contributed by atoms with Crippen molar-refractivity contribution in [3.8, 4) is 0 Å². The van der Waals surface area contributed by atoms with Crippen LogP contribution in [0.3, 0.4) is 0 Å². The molecular weight excluding hydrogens is 362 g/mol. The summed E-state index contributed by atoms with van der Waals surface area (Å²) in [6, 6.07) is 3.02. The number of aryl methyl sites for hydroxylation is 1. The first-order valence-corrected chi connectivity index (χ1v) is 8.79. The van der Waals surface area contributed by atoms with E-state index in [1.807, 2.05) is 0 Å². The molecule has 0 aliphatic heterocycles. The molecule has 140 valence electrons. The van der Waals surface area contributed by atoms with Crippen LogP contribution in [-0.4, -0.2) is 31.8 Å². The maximum Gasteiger partial charge on any atom is 0.339 e. The molecule has 1 heterocycles. The lowest BCUT2D eigenvalue weighted by atomic mass is 9.92. The SMILES string of the molecule is Cc1oncc1C(=O)c1ccc(COS(=O)O)c(C(=O)OC(C)C)c1C. The van der Waals surface area contributed by atoms with Gasteiger partial charge in [-0.25, -0.2) is 4.79 Å². The van der Waals surface area contributed by atoms with Crippen molar-refractivity contribution in [1.29, 1.82) is 0 Å². The summed E-state index contributed by atoms with van der Waals surface area (Å²) in [5, 5.41) is 3.59. The van der Waals surface area contributed by atoms with E-state index in [9.17, 15) is 13.8 Å². The third-order valence-electron chi connectivity index (χ3n) is 3.65. The third-order valence-corrected chi connectivity index (χ3v) is 3.97. The monoisotopic (exact) mass is 381 g/mol. The van der Waals surface area contributed by atoms with Crippen molar-refractivity contribution in [3.05, 3.63) is 51.9 Å². The maximum absolute atomic E-state index is 12.8. The Balaban J connectivity index is 2.52. The minimum Gasteiger partial charge on any atom is -0.459 e. The van der Waals surface area contributed by atoms with Crippen molar-refractivity contribution >= 4 is 23.1 Å². The smallest absolute Gasteiger partial charge is 0.339 e. The predicted octanol–water partition coefficient (Wildman–Crippen LogP) is 2.74. The number of nitrogens with zero attached hydrogens (tertiary/aromatic N) is 1. The molecule has 0 fully saturated rings. The van der Waals surface area contributed by atoms with Gasteiger partial charge in [0.15, 0.2) is 5.78 Å². The molecule has 1 atom stereocenters. The first-order chi connectivity index (χ1) is 12.2. The van der Waals surface area contributed by atoms with Gasteiger partial charge in [-0.2, -0.15) is 4.21 Å². The normalized spacial score (nSPS) is 12.2. The second kappa shape index (κ2) is 8.35. The molecule has 8 nitrogen and oxygen atoms in total. The molecule has 0 spiro atoms. The van der Waals surface area contributed by atoms with Gasteiger partial charge in [0.1, 0.15) is 5.76 Å². The molecule has 9 heteroatoms. The summed E-state index contributed by atoms with van der Waals surface area (Å²) in [6.45, 7) is 6.32. The highest BCUT2D eigenvalue weighted by atomic mass is 32.2. The lowest BCUT2D eigenvalue weighted by molar-refractivity contribution is 0.0374. The summed E-state index contributed by atoms with van der Waals surface area (Å²) in [5.41, 5.74) is 1.42. The molecule has 1 unspecified atom stereocenters. The van der Waals surface area contributed by atoms with E-state index in [0.717, 1.165) is 0 Å². The molecule has 2 aromatic rings. The highest BCUT2D eigenvalue weighted by Crippen LogP contribution is 2.24. The van der Waals surface area contributed by atoms with Gasteiger partial charge >= 0.3 is 17.3 Å².